The number of nitrogens with zero attached hydrogens (tertiary/aromatic N) is 1. The van der Waals surface area contributed by atoms with Crippen LogP contribution in [0.3, 0.4) is 0 Å². The van der Waals surface area contributed by atoms with Gasteiger partial charge in [-0.15, -0.1) is 0 Å². The van der Waals surface area contributed by atoms with E-state index in [2.05, 4.69) is 18.2 Å². The molecule has 0 bridgehead atoms. The summed E-state index contributed by atoms with van der Waals surface area (Å²) in [7, 11) is 0. The van der Waals surface area contributed by atoms with Gasteiger partial charge in [0.05, 0.1) is 6.07 Å². The smallest absolute Gasteiger partial charge is 0.0658 e. The summed E-state index contributed by atoms with van der Waals surface area (Å²) in [6.45, 7) is 4.06. The second-order valence-corrected chi connectivity index (χ2v) is 3.52. The molecule has 0 aromatic heterocycles. The zero-order valence-electron chi connectivity index (χ0n) is 10.3. The Morgan fingerprint density at radius 1 is 1.06 bits per heavy atom. The lowest BCUT2D eigenvalue weighted by Crippen LogP contribution is -1.90. The number of rotatable bonds is 7. The van der Waals surface area contributed by atoms with Gasteiger partial charge in [0.15, 0.2) is 0 Å². The predicted molar refractivity (Wildman–Crippen MR) is 70.9 cm³/mol. The molecule has 0 aliphatic carbocycles. The van der Waals surface area contributed by atoms with E-state index >= 15 is 0 Å². The summed E-state index contributed by atoms with van der Waals surface area (Å²) >= 11 is 0. The lowest BCUT2D eigenvalue weighted by atomic mass is 10.0. The van der Waals surface area contributed by atoms with Crippen LogP contribution in [0.5, 0.6) is 0 Å². The molecular weight excluding hydrogens is 194 g/mol. The van der Waals surface area contributed by atoms with E-state index in [1.807, 2.05) is 50.3 Å². The van der Waals surface area contributed by atoms with E-state index in [1.165, 1.54) is 0 Å². The molecule has 0 aliphatic heterocycles. The second kappa shape index (κ2) is 11.5. The van der Waals surface area contributed by atoms with Gasteiger partial charge in [-0.05, 0) is 26.2 Å². The normalized spacial score (nSPS) is 14.3. The highest BCUT2D eigenvalue weighted by Crippen LogP contribution is 2.06. The summed E-state index contributed by atoms with van der Waals surface area (Å²) in [6, 6.07) is 2.28. The van der Waals surface area contributed by atoms with Crippen molar-refractivity contribution in [3.05, 3.63) is 48.6 Å². The fourth-order valence-electron chi connectivity index (χ4n) is 1.13. The van der Waals surface area contributed by atoms with E-state index in [0.29, 0.717) is 0 Å². The summed E-state index contributed by atoms with van der Waals surface area (Å²) in [5.41, 5.74) is 0. The molecule has 1 nitrogen and oxygen atoms in total. The van der Waals surface area contributed by atoms with Crippen molar-refractivity contribution in [3.8, 4) is 6.07 Å². The van der Waals surface area contributed by atoms with Crippen LogP contribution in [0.4, 0.5) is 0 Å². The van der Waals surface area contributed by atoms with Crippen molar-refractivity contribution in [2.45, 2.75) is 33.1 Å². The van der Waals surface area contributed by atoms with Crippen molar-refractivity contribution >= 4 is 0 Å². The molecule has 0 N–H and O–H groups in total. The van der Waals surface area contributed by atoms with Gasteiger partial charge < -0.3 is 0 Å². The fourth-order valence-corrected chi connectivity index (χ4v) is 1.13. The van der Waals surface area contributed by atoms with Gasteiger partial charge in [-0.2, -0.15) is 5.26 Å². The minimum absolute atomic E-state index is 0.162. The van der Waals surface area contributed by atoms with E-state index < -0.39 is 0 Å². The van der Waals surface area contributed by atoms with Gasteiger partial charge >= 0.3 is 0 Å². The molecule has 86 valence electrons. The standard InChI is InChI=1S/C15H21N/c1-3-5-6-7-8-9-10-11-12-13-15(4-2)14-16/h3,5,7-12,15H,4,6,13H2,1-2H3/b5-3+,8-7+,10-9+,12-11+. The van der Waals surface area contributed by atoms with Crippen LogP contribution >= 0.6 is 0 Å². The molecule has 0 aliphatic rings. The van der Waals surface area contributed by atoms with Crippen LogP contribution in [-0.2, 0) is 0 Å². The van der Waals surface area contributed by atoms with Gasteiger partial charge in [0.1, 0.15) is 0 Å². The molecular formula is C15H21N. The van der Waals surface area contributed by atoms with Gasteiger partial charge in [0.25, 0.3) is 0 Å². The third kappa shape index (κ3) is 9.02. The summed E-state index contributed by atoms with van der Waals surface area (Å²) in [4.78, 5) is 0. The average Bonchev–Trinajstić information content (AvgIpc) is 2.32. The summed E-state index contributed by atoms with van der Waals surface area (Å²) in [5.74, 6) is 0.162. The quantitative estimate of drug-likeness (QED) is 0.451. The van der Waals surface area contributed by atoms with Gasteiger partial charge in [-0.25, -0.2) is 0 Å². The number of nitriles is 1. The molecule has 0 fully saturated rings. The minimum Gasteiger partial charge on any atom is -0.198 e. The molecule has 0 saturated carbocycles. The summed E-state index contributed by atoms with van der Waals surface area (Å²) in [5, 5.41) is 8.73. The van der Waals surface area contributed by atoms with Crippen molar-refractivity contribution < 1.29 is 0 Å². The van der Waals surface area contributed by atoms with Crippen molar-refractivity contribution in [1.82, 2.24) is 0 Å². The Labute approximate surface area is 99.5 Å². The molecule has 0 amide bonds. The molecule has 0 radical (unpaired) electrons. The highest BCUT2D eigenvalue weighted by atomic mass is 14.3. The van der Waals surface area contributed by atoms with Crippen molar-refractivity contribution in [1.29, 1.82) is 5.26 Å². The molecule has 1 unspecified atom stereocenters. The van der Waals surface area contributed by atoms with Crippen LogP contribution < -0.4 is 0 Å². The molecule has 0 saturated heterocycles. The molecule has 0 spiro atoms. The van der Waals surface area contributed by atoms with Crippen molar-refractivity contribution in [3.63, 3.8) is 0 Å². The van der Waals surface area contributed by atoms with Crippen LogP contribution in [0.25, 0.3) is 0 Å². The molecule has 0 heterocycles. The Morgan fingerprint density at radius 3 is 2.31 bits per heavy atom. The van der Waals surface area contributed by atoms with Gasteiger partial charge in [-0.3, -0.25) is 0 Å². The average molecular weight is 215 g/mol. The van der Waals surface area contributed by atoms with Crippen LogP contribution in [0.15, 0.2) is 48.6 Å². The first-order valence-electron chi connectivity index (χ1n) is 5.84. The first-order chi connectivity index (χ1) is 7.85. The Hall–Kier alpha value is -1.55. The molecule has 1 atom stereocenters. The Kier molecular flexibility index (Phi) is 10.4. The maximum Gasteiger partial charge on any atom is 0.0658 e. The summed E-state index contributed by atoms with van der Waals surface area (Å²) in [6.07, 6.45) is 19.1. The molecule has 16 heavy (non-hydrogen) atoms. The SMILES string of the molecule is C/C=C/C/C=C/C=C/C=C/CC(C#N)CC. The predicted octanol–water partition coefficient (Wildman–Crippen LogP) is 4.56. The fraction of sp³-hybridized carbons (Fsp3) is 0.400. The molecule has 0 rings (SSSR count). The number of allylic oxidation sites excluding steroid dienone is 8. The van der Waals surface area contributed by atoms with E-state index in [1.54, 1.807) is 0 Å². The minimum atomic E-state index is 0.162. The van der Waals surface area contributed by atoms with E-state index in [-0.39, 0.29) is 5.92 Å². The van der Waals surface area contributed by atoms with Crippen LogP contribution in [0.1, 0.15) is 33.1 Å². The van der Waals surface area contributed by atoms with Gasteiger partial charge in [0, 0.05) is 5.92 Å². The third-order valence-electron chi connectivity index (χ3n) is 2.21. The Bertz CT molecular complexity index is 300. The maximum absolute atomic E-state index is 8.73. The van der Waals surface area contributed by atoms with E-state index in [4.69, 9.17) is 5.26 Å². The van der Waals surface area contributed by atoms with Crippen molar-refractivity contribution in [2.24, 2.45) is 5.92 Å². The topological polar surface area (TPSA) is 23.8 Å². The zero-order valence-corrected chi connectivity index (χ0v) is 10.3. The third-order valence-corrected chi connectivity index (χ3v) is 2.21. The van der Waals surface area contributed by atoms with Gasteiger partial charge in [-0.1, -0.05) is 55.5 Å². The second-order valence-electron chi connectivity index (χ2n) is 3.52. The zero-order chi connectivity index (χ0) is 12.1. The molecule has 0 aromatic rings. The lowest BCUT2D eigenvalue weighted by molar-refractivity contribution is 0.652. The number of hydrogen-bond acceptors (Lipinski definition) is 1. The van der Waals surface area contributed by atoms with E-state index in [9.17, 15) is 0 Å². The molecule has 1 heteroatoms. The molecule has 0 aromatic carbocycles. The Balaban J connectivity index is 3.71. The Morgan fingerprint density at radius 2 is 1.75 bits per heavy atom. The number of hydrogen-bond donors (Lipinski definition) is 0. The van der Waals surface area contributed by atoms with Crippen LogP contribution in [0.2, 0.25) is 0 Å². The van der Waals surface area contributed by atoms with Crippen molar-refractivity contribution in [2.75, 3.05) is 0 Å². The monoisotopic (exact) mass is 215 g/mol. The first kappa shape index (κ1) is 14.5. The highest BCUT2D eigenvalue weighted by molar-refractivity contribution is 5.12. The van der Waals surface area contributed by atoms with Crippen LogP contribution in [0, 0.1) is 17.2 Å². The van der Waals surface area contributed by atoms with E-state index in [0.717, 1.165) is 19.3 Å². The highest BCUT2D eigenvalue weighted by Gasteiger charge is 1.98. The first-order valence-corrected chi connectivity index (χ1v) is 5.84. The summed E-state index contributed by atoms with van der Waals surface area (Å²) < 4.78 is 0. The lowest BCUT2D eigenvalue weighted by Gasteiger charge is -1.97. The maximum atomic E-state index is 8.73. The van der Waals surface area contributed by atoms with Crippen LogP contribution in [-0.4, -0.2) is 0 Å². The van der Waals surface area contributed by atoms with Gasteiger partial charge in [0.2, 0.25) is 0 Å². The largest absolute Gasteiger partial charge is 0.198 e.